The second-order valence-electron chi connectivity index (χ2n) is 15.4. The Hall–Kier alpha value is -2.89. The average molecular weight is 783 g/mol. The molecule has 0 spiro atoms. The molecule has 0 saturated heterocycles. The smallest absolute Gasteiger partial charge is 0.306 e. The molecule has 1 atom stereocenters. The van der Waals surface area contributed by atoms with Gasteiger partial charge in [-0.2, -0.15) is 0 Å². The Morgan fingerprint density at radius 2 is 0.679 bits per heavy atom. The third-order valence-corrected chi connectivity index (χ3v) is 9.77. The number of esters is 3. The van der Waals surface area contributed by atoms with Crippen LogP contribution in [0.1, 0.15) is 220 Å². The first-order valence-electron chi connectivity index (χ1n) is 23.3. The summed E-state index contributed by atoms with van der Waals surface area (Å²) in [5.41, 5.74) is 0. The number of carbonyl (C=O) groups is 3. The Labute approximate surface area is 345 Å². The van der Waals surface area contributed by atoms with E-state index in [2.05, 4.69) is 81.5 Å². The summed E-state index contributed by atoms with van der Waals surface area (Å²) >= 11 is 0. The fraction of sp³-hybridized carbons (Fsp3) is 0.740. The van der Waals surface area contributed by atoms with Crippen LogP contribution >= 0.6 is 0 Å². The summed E-state index contributed by atoms with van der Waals surface area (Å²) in [6.45, 7) is 6.47. The zero-order valence-electron chi connectivity index (χ0n) is 36.6. The number of carbonyl (C=O) groups excluding carboxylic acids is 3. The number of allylic oxidation sites excluding steroid dienone is 10. The molecule has 6 heteroatoms. The van der Waals surface area contributed by atoms with Crippen LogP contribution in [0, 0.1) is 0 Å². The minimum Gasteiger partial charge on any atom is -0.462 e. The number of unbranched alkanes of at least 4 members (excludes halogenated alkanes) is 22. The van der Waals surface area contributed by atoms with Crippen LogP contribution in [-0.2, 0) is 28.6 Å². The molecule has 0 aliphatic heterocycles. The van der Waals surface area contributed by atoms with Crippen LogP contribution in [-0.4, -0.2) is 37.2 Å². The van der Waals surface area contributed by atoms with E-state index in [1.807, 2.05) is 0 Å². The number of hydrogen-bond donors (Lipinski definition) is 0. The molecule has 0 amide bonds. The molecule has 0 aliphatic carbocycles. The van der Waals surface area contributed by atoms with E-state index in [1.54, 1.807) is 0 Å². The fourth-order valence-electron chi connectivity index (χ4n) is 6.18. The lowest BCUT2D eigenvalue weighted by Gasteiger charge is -2.18. The van der Waals surface area contributed by atoms with Gasteiger partial charge in [0.15, 0.2) is 6.10 Å². The van der Waals surface area contributed by atoms with E-state index in [4.69, 9.17) is 14.2 Å². The Balaban J connectivity index is 4.39. The monoisotopic (exact) mass is 783 g/mol. The van der Waals surface area contributed by atoms with Crippen molar-refractivity contribution in [3.8, 4) is 0 Å². The first-order valence-corrected chi connectivity index (χ1v) is 23.3. The summed E-state index contributed by atoms with van der Waals surface area (Å²) in [5.74, 6) is -0.985. The van der Waals surface area contributed by atoms with Gasteiger partial charge in [-0.15, -0.1) is 0 Å². The van der Waals surface area contributed by atoms with Gasteiger partial charge in [0.25, 0.3) is 0 Å². The van der Waals surface area contributed by atoms with Crippen LogP contribution in [0.15, 0.2) is 60.8 Å². The highest BCUT2D eigenvalue weighted by Gasteiger charge is 2.19. The average Bonchev–Trinajstić information content (AvgIpc) is 3.19. The van der Waals surface area contributed by atoms with Crippen molar-refractivity contribution >= 4 is 17.9 Å². The quantitative estimate of drug-likeness (QED) is 0.0202. The van der Waals surface area contributed by atoms with Gasteiger partial charge in [-0.1, -0.05) is 178 Å². The number of hydrogen-bond acceptors (Lipinski definition) is 6. The van der Waals surface area contributed by atoms with E-state index >= 15 is 0 Å². The predicted molar refractivity (Wildman–Crippen MR) is 238 cm³/mol. The summed E-state index contributed by atoms with van der Waals surface area (Å²) in [6, 6.07) is 0. The van der Waals surface area contributed by atoms with E-state index in [9.17, 15) is 14.4 Å². The van der Waals surface area contributed by atoms with E-state index in [1.165, 1.54) is 89.9 Å². The highest BCUT2D eigenvalue weighted by Crippen LogP contribution is 2.12. The van der Waals surface area contributed by atoms with Crippen molar-refractivity contribution in [2.24, 2.45) is 0 Å². The molecular weight excluding hydrogens is 697 g/mol. The third-order valence-electron chi connectivity index (χ3n) is 9.77. The molecule has 0 fully saturated rings. The van der Waals surface area contributed by atoms with E-state index in [0.29, 0.717) is 19.3 Å². The summed E-state index contributed by atoms with van der Waals surface area (Å²) < 4.78 is 16.6. The van der Waals surface area contributed by atoms with Crippen molar-refractivity contribution in [1.29, 1.82) is 0 Å². The summed E-state index contributed by atoms with van der Waals surface area (Å²) in [4.78, 5) is 37.6. The lowest BCUT2D eigenvalue weighted by atomic mass is 10.1. The lowest BCUT2D eigenvalue weighted by molar-refractivity contribution is -0.167. The van der Waals surface area contributed by atoms with Crippen molar-refractivity contribution in [3.63, 3.8) is 0 Å². The van der Waals surface area contributed by atoms with Crippen LogP contribution in [0.25, 0.3) is 0 Å². The van der Waals surface area contributed by atoms with E-state index in [0.717, 1.165) is 83.5 Å². The Bertz CT molecular complexity index is 1040. The molecule has 0 aromatic carbocycles. The van der Waals surface area contributed by atoms with Crippen LogP contribution in [0.5, 0.6) is 0 Å². The maximum absolute atomic E-state index is 12.7. The topological polar surface area (TPSA) is 78.9 Å². The highest BCUT2D eigenvalue weighted by atomic mass is 16.6. The van der Waals surface area contributed by atoms with Crippen molar-refractivity contribution < 1.29 is 28.6 Å². The molecule has 0 aromatic heterocycles. The standard InChI is InChI=1S/C50H86O6/c1-4-7-10-13-16-19-21-22-23-24-25-26-27-29-31-34-37-40-43-49(52)55-46-47(45-54-48(51)42-39-36-33-30-18-15-12-9-6-3)56-50(53)44-41-38-35-32-28-20-17-14-11-8-5-2/h14,17,20,23-26,28,30,33,47H,4-13,15-16,18-19,21-22,27,29,31-32,34-46H2,1-3H3/b17-14-,24-23-,26-25-,28-20-,33-30-. The highest BCUT2D eigenvalue weighted by molar-refractivity contribution is 5.71. The van der Waals surface area contributed by atoms with Gasteiger partial charge in [0, 0.05) is 19.3 Å². The minimum atomic E-state index is -0.802. The van der Waals surface area contributed by atoms with Crippen LogP contribution < -0.4 is 0 Å². The second-order valence-corrected chi connectivity index (χ2v) is 15.4. The van der Waals surface area contributed by atoms with Gasteiger partial charge in [-0.05, 0) is 83.5 Å². The SMILES string of the molecule is CCCC/C=C\C=C/CCCCCC(=O)OC(COC(=O)CCC/C=C\CCCCCC)COC(=O)CCCCCCC/C=C\C=C/CCCCCCCCC. The van der Waals surface area contributed by atoms with Gasteiger partial charge in [-0.25, -0.2) is 0 Å². The van der Waals surface area contributed by atoms with Crippen LogP contribution in [0.4, 0.5) is 0 Å². The zero-order valence-corrected chi connectivity index (χ0v) is 36.6. The van der Waals surface area contributed by atoms with Crippen molar-refractivity contribution in [3.05, 3.63) is 60.8 Å². The van der Waals surface area contributed by atoms with Crippen LogP contribution in [0.2, 0.25) is 0 Å². The molecule has 0 radical (unpaired) electrons. The number of rotatable bonds is 41. The van der Waals surface area contributed by atoms with Gasteiger partial charge >= 0.3 is 17.9 Å². The van der Waals surface area contributed by atoms with Gasteiger partial charge < -0.3 is 14.2 Å². The van der Waals surface area contributed by atoms with Crippen molar-refractivity contribution in [1.82, 2.24) is 0 Å². The molecule has 1 unspecified atom stereocenters. The minimum absolute atomic E-state index is 0.102. The van der Waals surface area contributed by atoms with Crippen LogP contribution in [0.3, 0.4) is 0 Å². The molecule has 0 bridgehead atoms. The van der Waals surface area contributed by atoms with Gasteiger partial charge in [-0.3, -0.25) is 14.4 Å². The van der Waals surface area contributed by atoms with E-state index in [-0.39, 0.29) is 37.5 Å². The fourth-order valence-corrected chi connectivity index (χ4v) is 6.18. The Kier molecular flexibility index (Phi) is 42.5. The predicted octanol–water partition coefficient (Wildman–Crippen LogP) is 14.9. The maximum Gasteiger partial charge on any atom is 0.306 e. The number of ether oxygens (including phenoxy) is 3. The van der Waals surface area contributed by atoms with Gasteiger partial charge in [0.1, 0.15) is 13.2 Å². The summed E-state index contributed by atoms with van der Waals surface area (Å²) in [6.07, 6.45) is 53.6. The summed E-state index contributed by atoms with van der Waals surface area (Å²) in [5, 5.41) is 0. The molecule has 0 aliphatic rings. The first-order chi connectivity index (χ1) is 27.5. The van der Waals surface area contributed by atoms with Crippen molar-refractivity contribution in [2.75, 3.05) is 13.2 Å². The molecule has 0 saturated carbocycles. The Morgan fingerprint density at radius 3 is 1.16 bits per heavy atom. The molecule has 0 N–H and O–H groups in total. The molecule has 0 heterocycles. The Morgan fingerprint density at radius 1 is 0.357 bits per heavy atom. The molecule has 0 rings (SSSR count). The van der Waals surface area contributed by atoms with E-state index < -0.39 is 6.10 Å². The molecule has 322 valence electrons. The largest absolute Gasteiger partial charge is 0.462 e. The molecule has 0 aromatic rings. The zero-order chi connectivity index (χ0) is 40.8. The normalized spacial score (nSPS) is 12.6. The third kappa shape index (κ3) is 42.3. The lowest BCUT2D eigenvalue weighted by Crippen LogP contribution is -2.30. The van der Waals surface area contributed by atoms with Crippen molar-refractivity contribution in [2.45, 2.75) is 226 Å². The molecular formula is C50H86O6. The maximum atomic E-state index is 12.7. The summed E-state index contributed by atoms with van der Waals surface area (Å²) in [7, 11) is 0. The second kappa shape index (κ2) is 44.8. The molecule has 56 heavy (non-hydrogen) atoms. The van der Waals surface area contributed by atoms with Gasteiger partial charge in [0.2, 0.25) is 0 Å². The molecule has 6 nitrogen and oxygen atoms in total. The first kappa shape index (κ1) is 53.1. The van der Waals surface area contributed by atoms with Gasteiger partial charge in [0.05, 0.1) is 0 Å².